The molecule has 0 N–H and O–H groups in total. The summed E-state index contributed by atoms with van der Waals surface area (Å²) in [5.74, 6) is -0.299. The van der Waals surface area contributed by atoms with Crippen molar-refractivity contribution in [2.75, 3.05) is 13.2 Å². The fraction of sp³-hybridized carbons (Fsp3) is 0.421. The Morgan fingerprint density at radius 2 is 2.15 bits per heavy atom. The highest BCUT2D eigenvalue weighted by molar-refractivity contribution is 7.16. The number of benzene rings is 1. The van der Waals surface area contributed by atoms with Crippen LogP contribution in [0.25, 0.3) is 10.2 Å². The zero-order valence-corrected chi connectivity index (χ0v) is 17.5. The monoisotopic (exact) mass is 406 g/mol. The molecule has 8 heteroatoms. The van der Waals surface area contributed by atoms with Crippen LogP contribution in [-0.4, -0.2) is 33.5 Å². The third-order valence-corrected chi connectivity index (χ3v) is 5.35. The predicted molar refractivity (Wildman–Crippen MR) is 109 cm³/mol. The molecule has 144 valence electrons. The number of hydrogen-bond acceptors (Lipinski definition) is 4. The minimum Gasteiger partial charge on any atom is -0.380 e. The summed E-state index contributed by atoms with van der Waals surface area (Å²) >= 11 is 7.58. The predicted octanol–water partition coefficient (Wildman–Crippen LogP) is 4.22. The van der Waals surface area contributed by atoms with E-state index in [4.69, 9.17) is 16.3 Å². The van der Waals surface area contributed by atoms with Crippen molar-refractivity contribution in [3.8, 4) is 0 Å². The van der Waals surface area contributed by atoms with Crippen LogP contribution in [0.15, 0.2) is 29.3 Å². The number of halogens is 1. The Labute approximate surface area is 167 Å². The van der Waals surface area contributed by atoms with Crippen LogP contribution in [0.4, 0.5) is 0 Å². The summed E-state index contributed by atoms with van der Waals surface area (Å²) < 4.78 is 10.2. The largest absolute Gasteiger partial charge is 0.380 e. The highest BCUT2D eigenvalue weighted by Gasteiger charge is 2.16. The Hall–Kier alpha value is -1.96. The second-order valence-corrected chi connectivity index (χ2v) is 7.92. The van der Waals surface area contributed by atoms with Crippen LogP contribution in [-0.2, 0) is 11.3 Å². The third-order valence-electron chi connectivity index (χ3n) is 4.07. The molecule has 0 fully saturated rings. The molecular formula is C19H23ClN4O2S. The first kappa shape index (κ1) is 19.8. The van der Waals surface area contributed by atoms with E-state index in [0.717, 1.165) is 15.9 Å². The molecule has 0 aliphatic heterocycles. The third kappa shape index (κ3) is 4.31. The smallest absolute Gasteiger partial charge is 0.297 e. The maximum atomic E-state index is 12.9. The van der Waals surface area contributed by atoms with Crippen LogP contribution >= 0.6 is 22.9 Å². The molecule has 0 aliphatic carbocycles. The van der Waals surface area contributed by atoms with E-state index in [1.54, 1.807) is 10.7 Å². The Kier molecular flexibility index (Phi) is 6.14. The van der Waals surface area contributed by atoms with E-state index in [9.17, 15) is 4.79 Å². The summed E-state index contributed by atoms with van der Waals surface area (Å²) in [4.78, 5) is 17.9. The van der Waals surface area contributed by atoms with Crippen LogP contribution in [0.5, 0.6) is 0 Å². The van der Waals surface area contributed by atoms with Gasteiger partial charge in [0.2, 0.25) is 0 Å². The van der Waals surface area contributed by atoms with Gasteiger partial charge < -0.3 is 9.30 Å². The minimum atomic E-state index is -0.299. The Morgan fingerprint density at radius 1 is 1.37 bits per heavy atom. The van der Waals surface area contributed by atoms with E-state index in [1.807, 2.05) is 50.5 Å². The molecule has 0 spiro atoms. The van der Waals surface area contributed by atoms with Gasteiger partial charge in [-0.3, -0.25) is 9.48 Å². The van der Waals surface area contributed by atoms with Crippen LogP contribution < -0.4 is 4.80 Å². The number of carbonyl (C=O) groups excluding carboxylic acids is 1. The Bertz CT molecular complexity index is 1030. The summed E-state index contributed by atoms with van der Waals surface area (Å²) in [6.07, 6.45) is 0. The van der Waals surface area contributed by atoms with Crippen molar-refractivity contribution in [3.63, 3.8) is 0 Å². The van der Waals surface area contributed by atoms with Gasteiger partial charge in [0.05, 0.1) is 22.5 Å². The number of fused-ring (bicyclic) bond motifs is 1. The van der Waals surface area contributed by atoms with Gasteiger partial charge in [-0.1, -0.05) is 22.9 Å². The number of rotatable bonds is 6. The summed E-state index contributed by atoms with van der Waals surface area (Å²) in [6.45, 7) is 9.63. The molecule has 27 heavy (non-hydrogen) atoms. The summed E-state index contributed by atoms with van der Waals surface area (Å²) in [5, 5.41) is 5.06. The lowest BCUT2D eigenvalue weighted by molar-refractivity contribution is 0.0984. The Balaban J connectivity index is 2.09. The molecule has 0 aliphatic rings. The van der Waals surface area contributed by atoms with Crippen molar-refractivity contribution in [2.45, 2.75) is 40.3 Å². The summed E-state index contributed by atoms with van der Waals surface area (Å²) in [7, 11) is 0. The van der Waals surface area contributed by atoms with E-state index in [1.165, 1.54) is 11.3 Å². The molecular weight excluding hydrogens is 384 g/mol. The van der Waals surface area contributed by atoms with Crippen LogP contribution in [0.1, 0.15) is 43.0 Å². The van der Waals surface area contributed by atoms with Crippen molar-refractivity contribution in [1.82, 2.24) is 14.3 Å². The topological polar surface area (TPSA) is 61.4 Å². The quantitative estimate of drug-likeness (QED) is 0.576. The summed E-state index contributed by atoms with van der Waals surface area (Å²) in [5.41, 5.74) is 2.29. The van der Waals surface area contributed by atoms with Crippen LogP contribution in [0, 0.1) is 6.92 Å². The molecule has 0 atom stereocenters. The lowest BCUT2D eigenvalue weighted by Gasteiger charge is -2.08. The number of hydrogen-bond donors (Lipinski definition) is 0. The molecule has 1 aromatic carbocycles. The molecule has 2 aromatic heterocycles. The molecule has 3 aromatic rings. The lowest BCUT2D eigenvalue weighted by Crippen LogP contribution is -2.21. The van der Waals surface area contributed by atoms with Gasteiger partial charge in [-0.15, -0.1) is 0 Å². The maximum absolute atomic E-state index is 12.9. The number of amides is 1. The molecule has 2 heterocycles. The van der Waals surface area contributed by atoms with Gasteiger partial charge in [0, 0.05) is 24.2 Å². The van der Waals surface area contributed by atoms with Crippen molar-refractivity contribution in [3.05, 3.63) is 45.5 Å². The summed E-state index contributed by atoms with van der Waals surface area (Å²) in [6, 6.07) is 7.55. The van der Waals surface area contributed by atoms with Crippen molar-refractivity contribution < 1.29 is 9.53 Å². The number of aryl methyl sites for hydroxylation is 1. The van der Waals surface area contributed by atoms with Gasteiger partial charge in [-0.2, -0.15) is 10.1 Å². The minimum absolute atomic E-state index is 0.0825. The molecule has 0 saturated heterocycles. The molecule has 0 radical (unpaired) electrons. The first-order chi connectivity index (χ1) is 12.9. The molecule has 0 unspecified atom stereocenters. The first-order valence-corrected chi connectivity index (χ1v) is 10.1. The van der Waals surface area contributed by atoms with Gasteiger partial charge in [-0.05, 0) is 52.0 Å². The molecule has 0 saturated carbocycles. The molecule has 6 nitrogen and oxygen atoms in total. The SMILES string of the molecule is CCOCCn1c(=NC(=O)c2cc(C)nn2C(C)C)sc2cc(Cl)ccc21. The van der Waals surface area contributed by atoms with Crippen molar-refractivity contribution >= 4 is 39.1 Å². The maximum Gasteiger partial charge on any atom is 0.297 e. The fourth-order valence-corrected chi connectivity index (χ4v) is 4.19. The van der Waals surface area contributed by atoms with E-state index < -0.39 is 0 Å². The van der Waals surface area contributed by atoms with Crippen LogP contribution in [0.3, 0.4) is 0 Å². The highest BCUT2D eigenvalue weighted by Crippen LogP contribution is 2.22. The average molecular weight is 407 g/mol. The second-order valence-electron chi connectivity index (χ2n) is 6.47. The second kappa shape index (κ2) is 8.37. The number of aromatic nitrogens is 3. The van der Waals surface area contributed by atoms with E-state index in [2.05, 4.69) is 10.1 Å². The molecule has 1 amide bonds. The number of nitrogens with zero attached hydrogens (tertiary/aromatic N) is 4. The van der Waals surface area contributed by atoms with E-state index in [-0.39, 0.29) is 11.9 Å². The van der Waals surface area contributed by atoms with Crippen LogP contribution in [0.2, 0.25) is 5.02 Å². The first-order valence-electron chi connectivity index (χ1n) is 8.92. The van der Waals surface area contributed by atoms with Gasteiger partial charge in [0.15, 0.2) is 4.80 Å². The van der Waals surface area contributed by atoms with Gasteiger partial charge >= 0.3 is 0 Å². The number of ether oxygens (including phenoxy) is 1. The zero-order chi connectivity index (χ0) is 19.6. The standard InChI is InChI=1S/C19H23ClN4O2S/c1-5-26-9-8-23-15-7-6-14(20)11-17(15)27-19(23)21-18(25)16-10-13(4)22-24(16)12(2)3/h6-7,10-12H,5,8-9H2,1-4H3. The highest BCUT2D eigenvalue weighted by atomic mass is 35.5. The number of thiazole rings is 1. The lowest BCUT2D eigenvalue weighted by atomic mass is 10.3. The molecule has 0 bridgehead atoms. The van der Waals surface area contributed by atoms with Crippen molar-refractivity contribution in [1.29, 1.82) is 0 Å². The van der Waals surface area contributed by atoms with Gasteiger partial charge in [0.25, 0.3) is 5.91 Å². The van der Waals surface area contributed by atoms with E-state index in [0.29, 0.717) is 35.3 Å². The van der Waals surface area contributed by atoms with E-state index >= 15 is 0 Å². The molecule has 3 rings (SSSR count). The normalized spacial score (nSPS) is 12.4. The van der Waals surface area contributed by atoms with Gasteiger partial charge in [0.1, 0.15) is 5.69 Å². The average Bonchev–Trinajstić information content (AvgIpc) is 3.16. The Morgan fingerprint density at radius 3 is 2.85 bits per heavy atom. The zero-order valence-electron chi connectivity index (χ0n) is 15.9. The van der Waals surface area contributed by atoms with Gasteiger partial charge in [-0.25, -0.2) is 0 Å². The fourth-order valence-electron chi connectivity index (χ4n) is 2.86. The number of carbonyl (C=O) groups is 1. The van der Waals surface area contributed by atoms with Crippen molar-refractivity contribution in [2.24, 2.45) is 4.99 Å².